The van der Waals surface area contributed by atoms with Gasteiger partial charge in [0.05, 0.1) is 5.75 Å². The van der Waals surface area contributed by atoms with E-state index in [4.69, 9.17) is 5.73 Å². The third-order valence-corrected chi connectivity index (χ3v) is 4.16. The smallest absolute Gasteiger partial charge is 0.213 e. The molecule has 8 heteroatoms. The molecule has 0 aliphatic rings. The monoisotopic (exact) mass is 392 g/mol. The van der Waals surface area contributed by atoms with E-state index >= 15 is 0 Å². The molecule has 0 saturated carbocycles. The van der Waals surface area contributed by atoms with Crippen LogP contribution in [0.15, 0.2) is 4.99 Å². The highest BCUT2D eigenvalue weighted by atomic mass is 127. The van der Waals surface area contributed by atoms with E-state index in [1.807, 2.05) is 6.92 Å². The summed E-state index contributed by atoms with van der Waals surface area (Å²) in [5.74, 6) is 0.560. The number of halogens is 1. The molecular formula is C10H25IN4O2S. The van der Waals surface area contributed by atoms with E-state index < -0.39 is 10.0 Å². The number of rotatable bonds is 8. The third kappa shape index (κ3) is 8.92. The lowest BCUT2D eigenvalue weighted by atomic mass is 10.4. The fourth-order valence-electron chi connectivity index (χ4n) is 1.17. The zero-order valence-electron chi connectivity index (χ0n) is 11.3. The summed E-state index contributed by atoms with van der Waals surface area (Å²) in [6.45, 7) is 5.50. The summed E-state index contributed by atoms with van der Waals surface area (Å²) < 4.78 is 24.2. The Hall–Kier alpha value is -0.0900. The van der Waals surface area contributed by atoms with Gasteiger partial charge in [0, 0.05) is 26.7 Å². The summed E-state index contributed by atoms with van der Waals surface area (Å²) in [6, 6.07) is 0. The van der Waals surface area contributed by atoms with Crippen LogP contribution >= 0.6 is 24.0 Å². The normalized spacial score (nSPS) is 12.3. The maximum Gasteiger partial charge on any atom is 0.213 e. The molecule has 0 spiro atoms. The number of nitrogens with zero attached hydrogens (tertiary/aromatic N) is 2. The van der Waals surface area contributed by atoms with Gasteiger partial charge in [0.15, 0.2) is 5.96 Å². The first-order valence-electron chi connectivity index (χ1n) is 5.91. The van der Waals surface area contributed by atoms with Crippen molar-refractivity contribution >= 4 is 40.0 Å². The van der Waals surface area contributed by atoms with E-state index in [-0.39, 0.29) is 29.7 Å². The molecule has 0 aromatic heterocycles. The van der Waals surface area contributed by atoms with Crippen LogP contribution in [-0.2, 0) is 10.0 Å². The maximum atomic E-state index is 11.4. The summed E-state index contributed by atoms with van der Waals surface area (Å²) in [6.07, 6.45) is 1.66. The minimum absolute atomic E-state index is 0. The molecule has 0 aliphatic heterocycles. The van der Waals surface area contributed by atoms with E-state index in [1.54, 1.807) is 14.0 Å². The van der Waals surface area contributed by atoms with Gasteiger partial charge in [0.25, 0.3) is 0 Å². The first-order chi connectivity index (χ1) is 7.94. The minimum Gasteiger partial charge on any atom is -0.370 e. The molecule has 0 fully saturated rings. The zero-order valence-corrected chi connectivity index (χ0v) is 14.5. The molecule has 0 aliphatic carbocycles. The van der Waals surface area contributed by atoms with Crippen molar-refractivity contribution in [1.82, 2.24) is 9.62 Å². The van der Waals surface area contributed by atoms with Crippen LogP contribution < -0.4 is 11.1 Å². The van der Waals surface area contributed by atoms with Crippen LogP contribution in [0.1, 0.15) is 26.7 Å². The molecule has 0 rings (SSSR count). The van der Waals surface area contributed by atoms with Crippen LogP contribution in [0.4, 0.5) is 0 Å². The molecule has 0 atom stereocenters. The van der Waals surface area contributed by atoms with Crippen molar-refractivity contribution in [3.05, 3.63) is 0 Å². The van der Waals surface area contributed by atoms with Crippen molar-refractivity contribution in [2.75, 3.05) is 32.4 Å². The van der Waals surface area contributed by atoms with Crippen LogP contribution in [-0.4, -0.2) is 51.1 Å². The number of hydrogen-bond acceptors (Lipinski definition) is 3. The van der Waals surface area contributed by atoms with Crippen molar-refractivity contribution < 1.29 is 8.42 Å². The standard InChI is InChI=1S/C10H24N4O2S.HI/c1-4-7-12-10(11)13-8-6-9-14(3)17(15,16)5-2;/h4-9H2,1-3H3,(H3,11,12,13);1H. The molecule has 18 heavy (non-hydrogen) atoms. The number of sulfonamides is 1. The van der Waals surface area contributed by atoms with E-state index in [0.29, 0.717) is 32.0 Å². The summed E-state index contributed by atoms with van der Waals surface area (Å²) in [7, 11) is -1.48. The van der Waals surface area contributed by atoms with Gasteiger partial charge in [-0.15, -0.1) is 24.0 Å². The van der Waals surface area contributed by atoms with Crippen molar-refractivity contribution in [2.24, 2.45) is 10.7 Å². The topological polar surface area (TPSA) is 87.8 Å². The van der Waals surface area contributed by atoms with Gasteiger partial charge in [-0.05, 0) is 19.8 Å². The molecule has 0 heterocycles. The van der Waals surface area contributed by atoms with Crippen LogP contribution in [0.2, 0.25) is 0 Å². The molecular weight excluding hydrogens is 367 g/mol. The average molecular weight is 392 g/mol. The molecule has 3 N–H and O–H groups in total. The van der Waals surface area contributed by atoms with Gasteiger partial charge in [0.2, 0.25) is 10.0 Å². The molecule has 110 valence electrons. The van der Waals surface area contributed by atoms with Crippen molar-refractivity contribution in [1.29, 1.82) is 0 Å². The summed E-state index contributed by atoms with van der Waals surface area (Å²) >= 11 is 0. The first kappa shape index (κ1) is 20.2. The molecule has 0 aromatic rings. The molecule has 0 bridgehead atoms. The lowest BCUT2D eigenvalue weighted by Gasteiger charge is -2.15. The van der Waals surface area contributed by atoms with E-state index in [2.05, 4.69) is 10.3 Å². The number of hydrogen-bond donors (Lipinski definition) is 2. The van der Waals surface area contributed by atoms with Crippen LogP contribution in [0.25, 0.3) is 0 Å². The molecule has 0 amide bonds. The first-order valence-corrected chi connectivity index (χ1v) is 7.52. The van der Waals surface area contributed by atoms with Gasteiger partial charge in [0.1, 0.15) is 0 Å². The van der Waals surface area contributed by atoms with E-state index in [1.165, 1.54) is 4.31 Å². The van der Waals surface area contributed by atoms with E-state index in [0.717, 1.165) is 6.42 Å². The Kier molecular flexibility index (Phi) is 12.1. The highest BCUT2D eigenvalue weighted by Gasteiger charge is 2.13. The van der Waals surface area contributed by atoms with Crippen molar-refractivity contribution in [2.45, 2.75) is 26.7 Å². The molecule has 0 saturated heterocycles. The lowest BCUT2D eigenvalue weighted by molar-refractivity contribution is 0.461. The Bertz CT molecular complexity index is 333. The number of guanidine groups is 1. The Morgan fingerprint density at radius 1 is 1.39 bits per heavy atom. The SMILES string of the molecule is CCCN=C(N)NCCCN(C)S(=O)(=O)CC.I. The Labute approximate surface area is 127 Å². The van der Waals surface area contributed by atoms with Gasteiger partial charge in [-0.2, -0.15) is 0 Å². The third-order valence-electron chi connectivity index (χ3n) is 2.30. The van der Waals surface area contributed by atoms with Crippen molar-refractivity contribution in [3.63, 3.8) is 0 Å². The van der Waals surface area contributed by atoms with Gasteiger partial charge in [-0.25, -0.2) is 12.7 Å². The average Bonchev–Trinajstić information content (AvgIpc) is 2.31. The molecule has 0 unspecified atom stereocenters. The second-order valence-corrected chi connectivity index (χ2v) is 6.13. The van der Waals surface area contributed by atoms with Crippen molar-refractivity contribution in [3.8, 4) is 0 Å². The Balaban J connectivity index is 0. The van der Waals surface area contributed by atoms with Crippen LogP contribution in [0.5, 0.6) is 0 Å². The lowest BCUT2D eigenvalue weighted by Crippen LogP contribution is -2.35. The van der Waals surface area contributed by atoms with Gasteiger partial charge in [-0.3, -0.25) is 4.99 Å². The van der Waals surface area contributed by atoms with Gasteiger partial charge in [-0.1, -0.05) is 6.92 Å². The Morgan fingerprint density at radius 2 is 2.00 bits per heavy atom. The fourth-order valence-corrected chi connectivity index (χ4v) is 2.01. The zero-order chi connectivity index (χ0) is 13.3. The number of nitrogens with two attached hydrogens (primary N) is 1. The highest BCUT2D eigenvalue weighted by molar-refractivity contribution is 14.0. The van der Waals surface area contributed by atoms with E-state index in [9.17, 15) is 8.42 Å². The second-order valence-electron chi connectivity index (χ2n) is 3.77. The van der Waals surface area contributed by atoms with Gasteiger partial charge < -0.3 is 11.1 Å². The maximum absolute atomic E-state index is 11.4. The largest absolute Gasteiger partial charge is 0.370 e. The second kappa shape index (κ2) is 10.8. The van der Waals surface area contributed by atoms with Crippen LogP contribution in [0, 0.1) is 0 Å². The summed E-state index contributed by atoms with van der Waals surface area (Å²) in [5.41, 5.74) is 5.60. The number of aliphatic imine (C=N–C) groups is 1. The van der Waals surface area contributed by atoms with Gasteiger partial charge >= 0.3 is 0 Å². The molecule has 0 aromatic carbocycles. The highest BCUT2D eigenvalue weighted by Crippen LogP contribution is 1.97. The molecule has 6 nitrogen and oxygen atoms in total. The predicted octanol–water partition coefficient (Wildman–Crippen LogP) is 0.590. The predicted molar refractivity (Wildman–Crippen MR) is 86.9 cm³/mol. The summed E-state index contributed by atoms with van der Waals surface area (Å²) in [4.78, 5) is 4.08. The Morgan fingerprint density at radius 3 is 2.50 bits per heavy atom. The fraction of sp³-hybridized carbons (Fsp3) is 0.900. The van der Waals surface area contributed by atoms with Crippen LogP contribution in [0.3, 0.4) is 0 Å². The molecule has 0 radical (unpaired) electrons. The number of nitrogens with one attached hydrogen (secondary N) is 1. The summed E-state index contributed by atoms with van der Waals surface area (Å²) in [5, 5.41) is 2.95. The quantitative estimate of drug-likeness (QED) is 0.274. The minimum atomic E-state index is -3.07.